The van der Waals surface area contributed by atoms with Crippen molar-refractivity contribution < 1.29 is 4.79 Å². The molecule has 1 fully saturated rings. The number of aromatic amines is 1. The molecule has 1 N–H and O–H groups in total. The molecule has 0 unspecified atom stereocenters. The minimum absolute atomic E-state index is 0.0907. The predicted octanol–water partition coefficient (Wildman–Crippen LogP) is 1.69. The number of hydrogen-bond donors (Lipinski definition) is 1. The summed E-state index contributed by atoms with van der Waals surface area (Å²) in [4.78, 5) is 33.6. The first-order valence-corrected chi connectivity index (χ1v) is 8.79. The maximum atomic E-state index is 12.6. The number of aromatic nitrogens is 4. The highest BCUT2D eigenvalue weighted by Crippen LogP contribution is 2.22. The summed E-state index contributed by atoms with van der Waals surface area (Å²) in [5, 5.41) is 4.38. The summed E-state index contributed by atoms with van der Waals surface area (Å²) in [5.41, 5.74) is 2.30. The highest BCUT2D eigenvalue weighted by molar-refractivity contribution is 5.76. The molecule has 0 aliphatic carbocycles. The molecule has 0 spiro atoms. The first-order chi connectivity index (χ1) is 11.9. The van der Waals surface area contributed by atoms with Crippen LogP contribution in [0.15, 0.2) is 17.2 Å². The highest BCUT2D eigenvalue weighted by Gasteiger charge is 2.25. The van der Waals surface area contributed by atoms with E-state index in [9.17, 15) is 9.59 Å². The largest absolute Gasteiger partial charge is 0.341 e. The SMILES string of the molecule is Cc1cnn([C@H]2CCCN(C(=O)CCc3c(C)nc(C)[nH]c3=O)C2)c1. The molecule has 1 aliphatic rings. The monoisotopic (exact) mass is 343 g/mol. The number of aryl methyl sites for hydroxylation is 3. The van der Waals surface area contributed by atoms with Crippen LogP contribution in [0.4, 0.5) is 0 Å². The van der Waals surface area contributed by atoms with Gasteiger partial charge in [-0.05, 0) is 45.6 Å². The number of nitrogens with one attached hydrogen (secondary N) is 1. The molecule has 7 nitrogen and oxygen atoms in total. The number of nitrogens with zero attached hydrogens (tertiary/aromatic N) is 4. The van der Waals surface area contributed by atoms with Gasteiger partial charge in [0.25, 0.3) is 5.56 Å². The van der Waals surface area contributed by atoms with Crippen molar-refractivity contribution in [3.8, 4) is 0 Å². The van der Waals surface area contributed by atoms with Crippen LogP contribution in [0, 0.1) is 20.8 Å². The second-order valence-electron chi connectivity index (χ2n) is 6.85. The van der Waals surface area contributed by atoms with Gasteiger partial charge in [-0.15, -0.1) is 0 Å². The molecule has 7 heteroatoms. The molecule has 0 bridgehead atoms. The second-order valence-corrected chi connectivity index (χ2v) is 6.85. The van der Waals surface area contributed by atoms with Gasteiger partial charge in [-0.2, -0.15) is 5.10 Å². The van der Waals surface area contributed by atoms with Gasteiger partial charge in [-0.1, -0.05) is 0 Å². The summed E-state index contributed by atoms with van der Waals surface area (Å²) in [7, 11) is 0. The number of carbonyl (C=O) groups is 1. The zero-order chi connectivity index (χ0) is 18.0. The topological polar surface area (TPSA) is 83.9 Å². The van der Waals surface area contributed by atoms with Crippen molar-refractivity contribution >= 4 is 5.91 Å². The van der Waals surface area contributed by atoms with Crippen molar-refractivity contribution in [1.29, 1.82) is 0 Å². The van der Waals surface area contributed by atoms with E-state index in [0.29, 0.717) is 36.5 Å². The maximum Gasteiger partial charge on any atom is 0.254 e. The van der Waals surface area contributed by atoms with Crippen LogP contribution in [0.1, 0.15) is 47.9 Å². The quantitative estimate of drug-likeness (QED) is 0.915. The predicted molar refractivity (Wildman–Crippen MR) is 94.5 cm³/mol. The first kappa shape index (κ1) is 17.4. The van der Waals surface area contributed by atoms with Crippen LogP contribution in [-0.2, 0) is 11.2 Å². The average molecular weight is 343 g/mol. The Morgan fingerprint density at radius 3 is 2.84 bits per heavy atom. The van der Waals surface area contributed by atoms with Gasteiger partial charge in [-0.25, -0.2) is 4.98 Å². The van der Waals surface area contributed by atoms with Crippen LogP contribution in [-0.4, -0.2) is 43.6 Å². The summed E-state index contributed by atoms with van der Waals surface area (Å²) in [6.07, 6.45) is 6.64. The molecule has 1 amide bonds. The van der Waals surface area contributed by atoms with Crippen molar-refractivity contribution in [2.75, 3.05) is 13.1 Å². The minimum Gasteiger partial charge on any atom is -0.341 e. The van der Waals surface area contributed by atoms with Gasteiger partial charge < -0.3 is 9.88 Å². The van der Waals surface area contributed by atoms with Crippen molar-refractivity contribution in [3.05, 3.63) is 45.4 Å². The van der Waals surface area contributed by atoms with E-state index in [4.69, 9.17) is 0 Å². The Balaban J connectivity index is 1.62. The van der Waals surface area contributed by atoms with Gasteiger partial charge in [0.2, 0.25) is 5.91 Å². The van der Waals surface area contributed by atoms with E-state index < -0.39 is 0 Å². The number of H-pyrrole nitrogens is 1. The standard InChI is InChI=1S/C18H25N5O2/c1-12-9-19-23(10-12)15-5-4-8-22(11-15)17(24)7-6-16-13(2)20-14(3)21-18(16)25/h9-10,15H,4-8,11H2,1-3H3,(H,20,21,25)/t15-/m0/s1. The van der Waals surface area contributed by atoms with Crippen LogP contribution in [0.25, 0.3) is 0 Å². The van der Waals surface area contributed by atoms with Gasteiger partial charge in [-0.3, -0.25) is 14.3 Å². The molecule has 1 atom stereocenters. The Morgan fingerprint density at radius 2 is 2.16 bits per heavy atom. The summed E-state index contributed by atoms with van der Waals surface area (Å²) in [6, 6.07) is 0.234. The molecule has 3 rings (SSSR count). The van der Waals surface area contributed by atoms with Crippen molar-refractivity contribution in [1.82, 2.24) is 24.6 Å². The third-order valence-corrected chi connectivity index (χ3v) is 4.78. The number of likely N-dealkylation sites (tertiary alicyclic amines) is 1. The zero-order valence-corrected chi connectivity index (χ0v) is 15.1. The number of rotatable bonds is 4. The van der Waals surface area contributed by atoms with Gasteiger partial charge >= 0.3 is 0 Å². The van der Waals surface area contributed by atoms with Crippen LogP contribution >= 0.6 is 0 Å². The number of amides is 1. The minimum atomic E-state index is -0.138. The Morgan fingerprint density at radius 1 is 1.36 bits per heavy atom. The fraction of sp³-hybridized carbons (Fsp3) is 0.556. The number of piperidine rings is 1. The van der Waals surface area contributed by atoms with Gasteiger partial charge in [0.15, 0.2) is 0 Å². The molecule has 2 aromatic heterocycles. The number of hydrogen-bond acceptors (Lipinski definition) is 4. The summed E-state index contributed by atoms with van der Waals surface area (Å²) in [6.45, 7) is 7.05. The molecular formula is C18H25N5O2. The molecule has 134 valence electrons. The van der Waals surface area contributed by atoms with Gasteiger partial charge in [0.1, 0.15) is 5.82 Å². The lowest BCUT2D eigenvalue weighted by Gasteiger charge is -2.33. The average Bonchev–Trinajstić information content (AvgIpc) is 3.00. The van der Waals surface area contributed by atoms with Crippen LogP contribution in [0.3, 0.4) is 0 Å². The van der Waals surface area contributed by atoms with E-state index in [1.165, 1.54) is 0 Å². The molecule has 0 radical (unpaired) electrons. The Bertz CT molecular complexity index is 823. The summed E-state index contributed by atoms with van der Waals surface area (Å²) in [5.74, 6) is 0.693. The summed E-state index contributed by atoms with van der Waals surface area (Å²) >= 11 is 0. The van der Waals surface area contributed by atoms with Gasteiger partial charge in [0, 0.05) is 37.0 Å². The van der Waals surface area contributed by atoms with Crippen LogP contribution < -0.4 is 5.56 Å². The van der Waals surface area contributed by atoms with Crippen molar-refractivity contribution in [2.24, 2.45) is 0 Å². The van der Waals surface area contributed by atoms with E-state index in [1.54, 1.807) is 6.92 Å². The third-order valence-electron chi connectivity index (χ3n) is 4.78. The molecule has 1 saturated heterocycles. The zero-order valence-electron chi connectivity index (χ0n) is 15.1. The first-order valence-electron chi connectivity index (χ1n) is 8.79. The van der Waals surface area contributed by atoms with Crippen molar-refractivity contribution in [3.63, 3.8) is 0 Å². The van der Waals surface area contributed by atoms with Gasteiger partial charge in [0.05, 0.1) is 12.2 Å². The molecule has 3 heterocycles. The van der Waals surface area contributed by atoms with E-state index in [2.05, 4.69) is 15.1 Å². The lowest BCUT2D eigenvalue weighted by molar-refractivity contribution is -0.132. The fourth-order valence-corrected chi connectivity index (χ4v) is 3.47. The smallest absolute Gasteiger partial charge is 0.254 e. The molecular weight excluding hydrogens is 318 g/mol. The Kier molecular flexibility index (Phi) is 5.01. The molecule has 2 aromatic rings. The normalized spacial score (nSPS) is 17.7. The van der Waals surface area contributed by atoms with E-state index in [1.807, 2.05) is 35.8 Å². The summed E-state index contributed by atoms with van der Waals surface area (Å²) < 4.78 is 1.97. The van der Waals surface area contributed by atoms with Crippen molar-refractivity contribution in [2.45, 2.75) is 52.5 Å². The Hall–Kier alpha value is -2.44. The maximum absolute atomic E-state index is 12.6. The van der Waals surface area contributed by atoms with E-state index >= 15 is 0 Å². The van der Waals surface area contributed by atoms with E-state index in [0.717, 1.165) is 24.9 Å². The highest BCUT2D eigenvalue weighted by atomic mass is 16.2. The fourth-order valence-electron chi connectivity index (χ4n) is 3.47. The molecule has 1 aliphatic heterocycles. The van der Waals surface area contributed by atoms with Crippen LogP contribution in [0.2, 0.25) is 0 Å². The van der Waals surface area contributed by atoms with E-state index in [-0.39, 0.29) is 17.5 Å². The molecule has 25 heavy (non-hydrogen) atoms. The molecule has 0 aromatic carbocycles. The lowest BCUT2D eigenvalue weighted by atomic mass is 10.0. The second kappa shape index (κ2) is 7.21. The molecule has 0 saturated carbocycles. The Labute approximate surface area is 147 Å². The lowest BCUT2D eigenvalue weighted by Crippen LogP contribution is -2.41. The van der Waals surface area contributed by atoms with Crippen LogP contribution in [0.5, 0.6) is 0 Å². The number of carbonyl (C=O) groups excluding carboxylic acids is 1. The third kappa shape index (κ3) is 3.97.